The van der Waals surface area contributed by atoms with Crippen LogP contribution in [-0.2, 0) is 6.61 Å². The SMILES string of the molecule is NCC12C=CC(C1)C1CN(c3c(F)cc4c(=O)c(C(=O)O)c5scc6n5c4c3OC6)CC12. The van der Waals surface area contributed by atoms with Crippen LogP contribution >= 0.6 is 11.3 Å². The van der Waals surface area contributed by atoms with Gasteiger partial charge in [-0.25, -0.2) is 9.18 Å². The number of thiazole rings is 1. The number of fused-ring (bicyclic) bond motifs is 5. The zero-order valence-electron chi connectivity index (χ0n) is 17.0. The van der Waals surface area contributed by atoms with Gasteiger partial charge < -0.3 is 20.5 Å². The summed E-state index contributed by atoms with van der Waals surface area (Å²) in [4.78, 5) is 27.3. The Hall–Kier alpha value is -2.91. The van der Waals surface area contributed by atoms with E-state index in [0.29, 0.717) is 59.2 Å². The van der Waals surface area contributed by atoms with E-state index in [0.717, 1.165) is 12.1 Å². The molecule has 4 aliphatic rings. The topological polar surface area (TPSA) is 97.3 Å². The van der Waals surface area contributed by atoms with Crippen LogP contribution in [0.4, 0.5) is 10.1 Å². The summed E-state index contributed by atoms with van der Waals surface area (Å²) in [6.07, 6.45) is 5.60. The number of rotatable bonds is 3. The van der Waals surface area contributed by atoms with E-state index in [1.54, 1.807) is 9.78 Å². The number of allylic oxidation sites excluding steroid dienone is 1. The molecule has 3 N–H and O–H groups in total. The van der Waals surface area contributed by atoms with Crippen LogP contribution in [0, 0.1) is 29.0 Å². The van der Waals surface area contributed by atoms with Crippen LogP contribution in [0.25, 0.3) is 15.7 Å². The Morgan fingerprint density at radius 3 is 3.03 bits per heavy atom. The number of nitrogens with two attached hydrogens (primary N) is 1. The van der Waals surface area contributed by atoms with Crippen molar-refractivity contribution in [3.63, 3.8) is 0 Å². The molecule has 9 heteroatoms. The van der Waals surface area contributed by atoms with Gasteiger partial charge >= 0.3 is 5.97 Å². The predicted octanol–water partition coefficient (Wildman–Crippen LogP) is 2.83. The summed E-state index contributed by atoms with van der Waals surface area (Å²) in [5.74, 6) is -0.285. The molecule has 1 aromatic carbocycles. The number of hydrogen-bond acceptors (Lipinski definition) is 6. The van der Waals surface area contributed by atoms with Gasteiger partial charge in [-0.05, 0) is 30.2 Å². The third kappa shape index (κ3) is 2.04. The molecule has 2 bridgehead atoms. The number of carboxylic acids is 1. The number of pyridine rings is 1. The summed E-state index contributed by atoms with van der Waals surface area (Å²) < 4.78 is 23.4. The lowest BCUT2D eigenvalue weighted by molar-refractivity contribution is 0.0697. The van der Waals surface area contributed by atoms with Crippen LogP contribution in [0.2, 0.25) is 0 Å². The minimum Gasteiger partial charge on any atom is -0.483 e. The molecular formula is C23H20FN3O4S. The largest absolute Gasteiger partial charge is 0.483 e. The average molecular weight is 453 g/mol. The molecule has 2 aliphatic carbocycles. The summed E-state index contributed by atoms with van der Waals surface area (Å²) in [6.45, 7) is 2.17. The van der Waals surface area contributed by atoms with Gasteiger partial charge in [-0.3, -0.25) is 9.20 Å². The Labute approximate surface area is 185 Å². The minimum absolute atomic E-state index is 0.0172. The molecule has 32 heavy (non-hydrogen) atoms. The Morgan fingerprint density at radius 1 is 1.41 bits per heavy atom. The average Bonchev–Trinajstić information content (AvgIpc) is 3.53. The van der Waals surface area contributed by atoms with E-state index in [1.165, 1.54) is 17.4 Å². The molecule has 1 saturated heterocycles. The molecule has 164 valence electrons. The van der Waals surface area contributed by atoms with Crippen molar-refractivity contribution in [2.45, 2.75) is 13.0 Å². The molecule has 7 nitrogen and oxygen atoms in total. The van der Waals surface area contributed by atoms with Crippen LogP contribution in [0.1, 0.15) is 22.5 Å². The fourth-order valence-corrected chi connectivity index (χ4v) is 7.72. The highest BCUT2D eigenvalue weighted by molar-refractivity contribution is 7.16. The number of hydrogen-bond donors (Lipinski definition) is 2. The van der Waals surface area contributed by atoms with Crippen molar-refractivity contribution in [3.05, 3.63) is 50.9 Å². The summed E-state index contributed by atoms with van der Waals surface area (Å²) in [7, 11) is 0. The fraction of sp³-hybridized carbons (Fsp3) is 0.391. The first kappa shape index (κ1) is 18.6. The van der Waals surface area contributed by atoms with Crippen LogP contribution in [0.15, 0.2) is 28.4 Å². The molecule has 2 fully saturated rings. The second-order valence-electron chi connectivity index (χ2n) is 9.44. The molecular weight excluding hydrogens is 433 g/mol. The van der Waals surface area contributed by atoms with E-state index in [1.807, 2.05) is 4.90 Å². The van der Waals surface area contributed by atoms with Crippen molar-refractivity contribution in [1.82, 2.24) is 4.40 Å². The summed E-state index contributed by atoms with van der Waals surface area (Å²) in [6, 6.07) is 1.19. The van der Waals surface area contributed by atoms with Gasteiger partial charge in [0.2, 0.25) is 5.43 Å². The van der Waals surface area contributed by atoms with Crippen molar-refractivity contribution in [3.8, 4) is 5.75 Å². The van der Waals surface area contributed by atoms with Crippen LogP contribution in [-0.4, -0.2) is 35.1 Å². The predicted molar refractivity (Wildman–Crippen MR) is 118 cm³/mol. The zero-order valence-corrected chi connectivity index (χ0v) is 17.8. The molecule has 1 saturated carbocycles. The first-order valence-electron chi connectivity index (χ1n) is 10.8. The molecule has 3 aromatic rings. The molecule has 2 aromatic heterocycles. The smallest absolute Gasteiger partial charge is 0.342 e. The van der Waals surface area contributed by atoms with Crippen molar-refractivity contribution >= 4 is 38.7 Å². The Morgan fingerprint density at radius 2 is 2.25 bits per heavy atom. The van der Waals surface area contributed by atoms with Gasteiger partial charge in [0, 0.05) is 30.4 Å². The van der Waals surface area contributed by atoms with Gasteiger partial charge in [-0.1, -0.05) is 12.2 Å². The molecule has 0 spiro atoms. The number of aromatic nitrogens is 1. The lowest BCUT2D eigenvalue weighted by Crippen LogP contribution is -2.36. The van der Waals surface area contributed by atoms with E-state index in [4.69, 9.17) is 10.5 Å². The van der Waals surface area contributed by atoms with E-state index in [2.05, 4.69) is 12.2 Å². The molecule has 4 heterocycles. The van der Waals surface area contributed by atoms with Gasteiger partial charge in [-0.15, -0.1) is 11.3 Å². The normalized spacial score (nSPS) is 29.4. The molecule has 0 radical (unpaired) electrons. The first-order valence-corrected chi connectivity index (χ1v) is 11.6. The monoisotopic (exact) mass is 453 g/mol. The third-order valence-corrected chi connectivity index (χ3v) is 9.11. The van der Waals surface area contributed by atoms with E-state index < -0.39 is 17.2 Å². The maximum absolute atomic E-state index is 15.6. The summed E-state index contributed by atoms with van der Waals surface area (Å²) >= 11 is 1.20. The summed E-state index contributed by atoms with van der Waals surface area (Å²) in [5.41, 5.74) is 6.73. The number of ether oxygens (including phenoxy) is 1. The first-order chi connectivity index (χ1) is 15.4. The maximum Gasteiger partial charge on any atom is 0.342 e. The molecule has 0 amide bonds. The molecule has 4 atom stereocenters. The van der Waals surface area contributed by atoms with Crippen molar-refractivity contribution < 1.29 is 19.0 Å². The van der Waals surface area contributed by atoms with Crippen LogP contribution in [0.3, 0.4) is 0 Å². The number of halogens is 1. The van der Waals surface area contributed by atoms with Gasteiger partial charge in [0.25, 0.3) is 0 Å². The lowest BCUT2D eigenvalue weighted by atomic mass is 9.75. The number of nitrogens with zero attached hydrogens (tertiary/aromatic N) is 2. The Balaban J connectivity index is 1.46. The third-order valence-electron chi connectivity index (χ3n) is 8.11. The van der Waals surface area contributed by atoms with Gasteiger partial charge in [0.05, 0.1) is 11.1 Å². The molecule has 2 aliphatic heterocycles. The second-order valence-corrected chi connectivity index (χ2v) is 10.3. The highest BCUT2D eigenvalue weighted by Gasteiger charge is 2.57. The quantitative estimate of drug-likeness (QED) is 0.592. The van der Waals surface area contributed by atoms with Crippen molar-refractivity contribution in [2.75, 3.05) is 24.5 Å². The Bertz CT molecular complexity index is 1460. The van der Waals surface area contributed by atoms with Crippen LogP contribution in [0.5, 0.6) is 5.75 Å². The molecule has 4 unspecified atom stereocenters. The van der Waals surface area contributed by atoms with E-state index in [-0.39, 0.29) is 23.0 Å². The van der Waals surface area contributed by atoms with E-state index in [9.17, 15) is 14.7 Å². The van der Waals surface area contributed by atoms with Crippen molar-refractivity contribution in [1.29, 1.82) is 0 Å². The lowest BCUT2D eigenvalue weighted by Gasteiger charge is -2.31. The fourth-order valence-electron chi connectivity index (χ4n) is 6.69. The number of benzene rings is 1. The summed E-state index contributed by atoms with van der Waals surface area (Å²) in [5, 5.41) is 11.5. The van der Waals surface area contributed by atoms with Gasteiger partial charge in [-0.2, -0.15) is 0 Å². The van der Waals surface area contributed by atoms with E-state index >= 15 is 4.39 Å². The Kier molecular flexibility index (Phi) is 3.44. The minimum atomic E-state index is -1.31. The standard InChI is InChI=1S/C23H20FN3O4S/c24-15-3-12-17-20(31-7-11-8-32-21(27(11)17)16(19(12)28)22(29)30)18(15)26-5-13-10-1-2-23(4-10,9-25)14(13)6-26/h1-3,8,10,13-14H,4-7,9,25H2,(H,29,30). The number of carbonyl (C=O) groups is 1. The zero-order chi connectivity index (χ0) is 21.9. The van der Waals surface area contributed by atoms with Crippen LogP contribution < -0.4 is 20.8 Å². The highest BCUT2D eigenvalue weighted by atomic mass is 32.1. The highest BCUT2D eigenvalue weighted by Crippen LogP contribution is 2.59. The maximum atomic E-state index is 15.6. The number of anilines is 1. The van der Waals surface area contributed by atoms with Gasteiger partial charge in [0.15, 0.2) is 11.6 Å². The molecule has 7 rings (SSSR count). The number of aromatic carboxylic acids is 1. The second kappa shape index (κ2) is 5.90. The van der Waals surface area contributed by atoms with Crippen molar-refractivity contribution in [2.24, 2.45) is 28.9 Å². The number of carboxylic acid groups (broad SMARTS) is 1. The van der Waals surface area contributed by atoms with Gasteiger partial charge in [0.1, 0.15) is 28.2 Å².